The van der Waals surface area contributed by atoms with Crippen molar-refractivity contribution < 1.29 is 14.3 Å². The number of carbonyl (C=O) groups excluding carboxylic acids is 2. The summed E-state index contributed by atoms with van der Waals surface area (Å²) in [6, 6.07) is 14.1. The molecule has 5 nitrogen and oxygen atoms in total. The molecule has 6 heteroatoms. The van der Waals surface area contributed by atoms with Gasteiger partial charge in [-0.1, -0.05) is 24.3 Å². The molecule has 0 fully saturated rings. The van der Waals surface area contributed by atoms with Crippen LogP contribution in [-0.2, 0) is 4.74 Å². The van der Waals surface area contributed by atoms with Gasteiger partial charge < -0.3 is 15.4 Å². The van der Waals surface area contributed by atoms with Crippen LogP contribution in [0.15, 0.2) is 53.0 Å². The van der Waals surface area contributed by atoms with Crippen molar-refractivity contribution in [3.8, 4) is 0 Å². The van der Waals surface area contributed by atoms with Gasteiger partial charge in [0.2, 0.25) is 0 Å². The minimum atomic E-state index is -0.274. The molecule has 0 saturated carbocycles. The van der Waals surface area contributed by atoms with Gasteiger partial charge in [0.15, 0.2) is 0 Å². The molecule has 0 saturated heterocycles. The van der Waals surface area contributed by atoms with Crippen molar-refractivity contribution >= 4 is 33.4 Å². The van der Waals surface area contributed by atoms with E-state index in [-0.39, 0.29) is 11.8 Å². The van der Waals surface area contributed by atoms with Gasteiger partial charge in [0.05, 0.1) is 16.8 Å². The van der Waals surface area contributed by atoms with E-state index in [1.165, 1.54) is 0 Å². The van der Waals surface area contributed by atoms with E-state index in [1.807, 2.05) is 13.0 Å². The summed E-state index contributed by atoms with van der Waals surface area (Å²) in [5, 5.41) is 5.65. The van der Waals surface area contributed by atoms with E-state index in [0.29, 0.717) is 41.0 Å². The van der Waals surface area contributed by atoms with Crippen LogP contribution in [0.25, 0.3) is 0 Å². The minimum absolute atomic E-state index is 0.223. The lowest BCUT2D eigenvalue weighted by Crippen LogP contribution is -2.27. The molecule has 0 aliphatic heterocycles. The minimum Gasteiger partial charge on any atom is -0.382 e. The molecule has 132 valence electrons. The first-order valence-corrected chi connectivity index (χ1v) is 8.93. The van der Waals surface area contributed by atoms with Crippen LogP contribution in [0.5, 0.6) is 0 Å². The normalized spacial score (nSPS) is 10.3. The Labute approximate surface area is 155 Å². The summed E-state index contributed by atoms with van der Waals surface area (Å²) in [6.07, 6.45) is 0.741. The molecule has 2 N–H and O–H groups in total. The maximum atomic E-state index is 12.5. The Morgan fingerprint density at radius 1 is 1.00 bits per heavy atom. The number of amides is 2. The van der Waals surface area contributed by atoms with Gasteiger partial charge >= 0.3 is 0 Å². The summed E-state index contributed by atoms with van der Waals surface area (Å²) >= 11 is 3.36. The average Bonchev–Trinajstić information content (AvgIpc) is 2.62. The van der Waals surface area contributed by atoms with Gasteiger partial charge in [-0.25, -0.2) is 0 Å². The highest BCUT2D eigenvalue weighted by Gasteiger charge is 2.15. The largest absolute Gasteiger partial charge is 0.382 e. The second-order valence-corrected chi connectivity index (χ2v) is 6.14. The summed E-state index contributed by atoms with van der Waals surface area (Å²) in [7, 11) is 0. The van der Waals surface area contributed by atoms with Gasteiger partial charge in [0, 0.05) is 24.2 Å². The van der Waals surface area contributed by atoms with Crippen LogP contribution in [-0.4, -0.2) is 31.6 Å². The fourth-order valence-corrected chi connectivity index (χ4v) is 2.71. The fraction of sp³-hybridized carbons (Fsp3) is 0.263. The van der Waals surface area contributed by atoms with Gasteiger partial charge in [-0.3, -0.25) is 9.59 Å². The number of carbonyl (C=O) groups is 2. The molecule has 0 heterocycles. The first-order chi connectivity index (χ1) is 12.1. The monoisotopic (exact) mass is 404 g/mol. The first kappa shape index (κ1) is 19.1. The predicted molar refractivity (Wildman–Crippen MR) is 102 cm³/mol. The third-order valence-electron chi connectivity index (χ3n) is 3.49. The van der Waals surface area contributed by atoms with Crippen molar-refractivity contribution in [3.05, 3.63) is 64.1 Å². The molecule has 0 aliphatic carbocycles. The van der Waals surface area contributed by atoms with Crippen LogP contribution in [0.1, 0.15) is 34.1 Å². The molecule has 2 amide bonds. The van der Waals surface area contributed by atoms with E-state index in [0.717, 1.165) is 6.42 Å². The summed E-state index contributed by atoms with van der Waals surface area (Å²) in [6.45, 7) is 3.73. The molecule has 0 radical (unpaired) electrons. The van der Waals surface area contributed by atoms with Crippen molar-refractivity contribution in [2.75, 3.05) is 25.1 Å². The highest BCUT2D eigenvalue weighted by molar-refractivity contribution is 9.10. The highest BCUT2D eigenvalue weighted by Crippen LogP contribution is 2.20. The van der Waals surface area contributed by atoms with Crippen LogP contribution in [0, 0.1) is 0 Å². The van der Waals surface area contributed by atoms with Crippen LogP contribution in [0.3, 0.4) is 0 Å². The van der Waals surface area contributed by atoms with Gasteiger partial charge in [0.25, 0.3) is 11.8 Å². The molecule has 0 aliphatic rings. The number of benzene rings is 2. The highest BCUT2D eigenvalue weighted by atomic mass is 79.9. The van der Waals surface area contributed by atoms with E-state index in [9.17, 15) is 9.59 Å². The molecular weight excluding hydrogens is 384 g/mol. The van der Waals surface area contributed by atoms with Gasteiger partial charge in [-0.15, -0.1) is 0 Å². The Bertz CT molecular complexity index is 734. The molecule has 25 heavy (non-hydrogen) atoms. The molecule has 0 bridgehead atoms. The SMILES string of the molecule is CCOCCCNC(=O)c1ccccc1NC(=O)c1ccccc1Br. The lowest BCUT2D eigenvalue weighted by atomic mass is 10.1. The number of hydrogen-bond acceptors (Lipinski definition) is 3. The smallest absolute Gasteiger partial charge is 0.256 e. The number of hydrogen-bond donors (Lipinski definition) is 2. The zero-order chi connectivity index (χ0) is 18.1. The first-order valence-electron chi connectivity index (χ1n) is 8.14. The van der Waals surface area contributed by atoms with E-state index >= 15 is 0 Å². The van der Waals surface area contributed by atoms with Crippen LogP contribution in [0.2, 0.25) is 0 Å². The number of rotatable bonds is 8. The van der Waals surface area contributed by atoms with E-state index in [2.05, 4.69) is 26.6 Å². The number of ether oxygens (including phenoxy) is 1. The standard InChI is InChI=1S/C19H21BrN2O3/c1-2-25-13-7-12-21-18(23)15-9-4-6-11-17(15)22-19(24)14-8-3-5-10-16(14)20/h3-6,8-11H,2,7,12-13H2,1H3,(H,21,23)(H,22,24). The molecule has 2 aromatic rings. The van der Waals surface area contributed by atoms with Gasteiger partial charge in [-0.2, -0.15) is 0 Å². The van der Waals surface area contributed by atoms with Crippen molar-refractivity contribution in [2.24, 2.45) is 0 Å². The number of para-hydroxylation sites is 1. The van der Waals surface area contributed by atoms with Crippen LogP contribution < -0.4 is 10.6 Å². The van der Waals surface area contributed by atoms with Gasteiger partial charge in [-0.05, 0) is 53.5 Å². The number of anilines is 1. The number of nitrogens with one attached hydrogen (secondary N) is 2. The molecule has 0 atom stereocenters. The Balaban J connectivity index is 2.03. The zero-order valence-electron chi connectivity index (χ0n) is 14.0. The molecule has 2 aromatic carbocycles. The summed E-state index contributed by atoms with van der Waals surface area (Å²) in [4.78, 5) is 24.8. The summed E-state index contributed by atoms with van der Waals surface area (Å²) in [5.74, 6) is -0.497. The van der Waals surface area contributed by atoms with Gasteiger partial charge in [0.1, 0.15) is 0 Å². The average molecular weight is 405 g/mol. The zero-order valence-corrected chi connectivity index (χ0v) is 15.6. The molecular formula is C19H21BrN2O3. The summed E-state index contributed by atoms with van der Waals surface area (Å²) < 4.78 is 5.94. The molecule has 2 rings (SSSR count). The summed E-state index contributed by atoms with van der Waals surface area (Å²) in [5.41, 5.74) is 1.42. The van der Waals surface area contributed by atoms with Crippen molar-refractivity contribution in [2.45, 2.75) is 13.3 Å². The lowest BCUT2D eigenvalue weighted by molar-refractivity contribution is 0.0945. The fourth-order valence-electron chi connectivity index (χ4n) is 2.24. The predicted octanol–water partition coefficient (Wildman–Crippen LogP) is 3.86. The third kappa shape index (κ3) is 5.69. The van der Waals surface area contributed by atoms with E-state index < -0.39 is 0 Å². The second kappa shape index (κ2) is 9.96. The maximum Gasteiger partial charge on any atom is 0.256 e. The molecule has 0 unspecified atom stereocenters. The lowest BCUT2D eigenvalue weighted by Gasteiger charge is -2.12. The Hall–Kier alpha value is -2.18. The van der Waals surface area contributed by atoms with Crippen LogP contribution >= 0.6 is 15.9 Å². The van der Waals surface area contributed by atoms with Crippen molar-refractivity contribution in [1.82, 2.24) is 5.32 Å². The molecule has 0 aromatic heterocycles. The van der Waals surface area contributed by atoms with Crippen molar-refractivity contribution in [3.63, 3.8) is 0 Å². The van der Waals surface area contributed by atoms with Crippen molar-refractivity contribution in [1.29, 1.82) is 0 Å². The maximum absolute atomic E-state index is 12.5. The third-order valence-corrected chi connectivity index (χ3v) is 4.19. The second-order valence-electron chi connectivity index (χ2n) is 5.29. The Kier molecular flexibility index (Phi) is 7.63. The topological polar surface area (TPSA) is 67.4 Å². The quantitative estimate of drug-likeness (QED) is 0.656. The Morgan fingerprint density at radius 2 is 1.68 bits per heavy atom. The van der Waals surface area contributed by atoms with Crippen LogP contribution in [0.4, 0.5) is 5.69 Å². The number of halogens is 1. The van der Waals surface area contributed by atoms with E-state index in [4.69, 9.17) is 4.74 Å². The molecule has 0 spiro atoms. The van der Waals surface area contributed by atoms with E-state index in [1.54, 1.807) is 42.5 Å². The Morgan fingerprint density at radius 3 is 2.40 bits per heavy atom.